The summed E-state index contributed by atoms with van der Waals surface area (Å²) in [5.74, 6) is -0.0811. The third-order valence-corrected chi connectivity index (χ3v) is 4.55. The molecule has 1 amide bonds. The predicted molar refractivity (Wildman–Crippen MR) is 85.3 cm³/mol. The van der Waals surface area contributed by atoms with E-state index in [-0.39, 0.29) is 18.6 Å². The Hall–Kier alpha value is -1.76. The van der Waals surface area contributed by atoms with Crippen molar-refractivity contribution in [2.24, 2.45) is 0 Å². The van der Waals surface area contributed by atoms with Crippen LogP contribution in [0, 0.1) is 0 Å². The molecule has 1 fully saturated rings. The minimum atomic E-state index is -0.486. The standard InChI is InChI=1S/C16H27N3O4/c1-4-5-15(2,3)23-14(22)19-8-6-16(11-19,7-9-20)12-10-13(21)18-17-12/h10,20H,4-9,11H2,1-3H3,(H2,17,18,21). The summed E-state index contributed by atoms with van der Waals surface area (Å²) >= 11 is 0. The predicted octanol–water partition coefficient (Wildman–Crippen LogP) is 2.16. The number of ether oxygens (including phenoxy) is 1. The number of nitrogens with zero attached hydrogens (tertiary/aromatic N) is 2. The van der Waals surface area contributed by atoms with Crippen molar-refractivity contribution in [3.05, 3.63) is 11.8 Å². The molecule has 130 valence electrons. The van der Waals surface area contributed by atoms with Gasteiger partial charge in [0.25, 0.3) is 0 Å². The number of aromatic nitrogens is 2. The monoisotopic (exact) mass is 325 g/mol. The van der Waals surface area contributed by atoms with Crippen LogP contribution in [0.1, 0.15) is 52.1 Å². The summed E-state index contributed by atoms with van der Waals surface area (Å²) < 4.78 is 5.62. The molecule has 1 atom stereocenters. The number of carbonyl (C=O) groups is 1. The third-order valence-electron chi connectivity index (χ3n) is 4.55. The highest BCUT2D eigenvalue weighted by Crippen LogP contribution is 2.38. The molecule has 0 spiro atoms. The Balaban J connectivity index is 2.09. The first-order valence-corrected chi connectivity index (χ1v) is 8.15. The number of hydrogen-bond acceptors (Lipinski definition) is 5. The van der Waals surface area contributed by atoms with E-state index in [1.807, 2.05) is 13.8 Å². The molecule has 1 unspecified atom stereocenters. The first-order chi connectivity index (χ1) is 10.8. The summed E-state index contributed by atoms with van der Waals surface area (Å²) in [5, 5.41) is 25.5. The van der Waals surface area contributed by atoms with E-state index in [1.165, 1.54) is 0 Å². The molecule has 0 aromatic carbocycles. The van der Waals surface area contributed by atoms with Gasteiger partial charge < -0.3 is 19.8 Å². The molecule has 2 heterocycles. The Morgan fingerprint density at radius 3 is 2.87 bits per heavy atom. The molecule has 7 nitrogen and oxygen atoms in total. The Labute approximate surface area is 136 Å². The zero-order chi connectivity index (χ0) is 17.1. The number of nitrogens with one attached hydrogen (secondary N) is 1. The van der Waals surface area contributed by atoms with E-state index in [4.69, 9.17) is 4.74 Å². The summed E-state index contributed by atoms with van der Waals surface area (Å²) in [6, 6.07) is 1.56. The minimum absolute atomic E-state index is 0.00397. The second-order valence-electron chi connectivity index (χ2n) is 6.94. The van der Waals surface area contributed by atoms with E-state index < -0.39 is 11.0 Å². The fraction of sp³-hybridized carbons (Fsp3) is 0.750. The summed E-state index contributed by atoms with van der Waals surface area (Å²) in [4.78, 5) is 14.1. The van der Waals surface area contributed by atoms with Crippen molar-refractivity contribution in [1.82, 2.24) is 15.1 Å². The summed E-state index contributed by atoms with van der Waals surface area (Å²) in [7, 11) is 0. The quantitative estimate of drug-likeness (QED) is 0.744. The lowest BCUT2D eigenvalue weighted by Crippen LogP contribution is -2.39. The average Bonchev–Trinajstić information content (AvgIpc) is 3.06. The van der Waals surface area contributed by atoms with Crippen LogP contribution in [-0.2, 0) is 10.2 Å². The molecular weight excluding hydrogens is 298 g/mol. The highest BCUT2D eigenvalue weighted by Gasteiger charge is 2.43. The lowest BCUT2D eigenvalue weighted by Gasteiger charge is -2.30. The summed E-state index contributed by atoms with van der Waals surface area (Å²) in [6.07, 6.45) is 2.62. The molecule has 1 saturated heterocycles. The van der Waals surface area contributed by atoms with Gasteiger partial charge in [0.05, 0.1) is 0 Å². The lowest BCUT2D eigenvalue weighted by molar-refractivity contribution is 0.0107. The molecule has 0 aliphatic carbocycles. The number of rotatable bonds is 6. The Bertz CT molecular complexity index is 543. The fourth-order valence-electron chi connectivity index (χ4n) is 3.34. The molecule has 3 N–H and O–H groups in total. The number of H-pyrrole nitrogens is 1. The number of aromatic amines is 1. The molecular formula is C16H27N3O4. The van der Waals surface area contributed by atoms with E-state index in [0.717, 1.165) is 18.5 Å². The molecule has 0 radical (unpaired) electrons. The minimum Gasteiger partial charge on any atom is -0.492 e. The maximum Gasteiger partial charge on any atom is 0.410 e. The van der Waals surface area contributed by atoms with Gasteiger partial charge in [-0.15, -0.1) is 5.10 Å². The largest absolute Gasteiger partial charge is 0.492 e. The average molecular weight is 325 g/mol. The third kappa shape index (κ3) is 3.96. The normalized spacial score (nSPS) is 21.7. The maximum absolute atomic E-state index is 12.4. The summed E-state index contributed by atoms with van der Waals surface area (Å²) in [5.41, 5.74) is -0.163. The Morgan fingerprint density at radius 2 is 2.30 bits per heavy atom. The van der Waals surface area contributed by atoms with E-state index >= 15 is 0 Å². The van der Waals surface area contributed by atoms with Crippen molar-refractivity contribution in [2.75, 3.05) is 19.7 Å². The van der Waals surface area contributed by atoms with Crippen LogP contribution in [-0.4, -0.2) is 56.7 Å². The van der Waals surface area contributed by atoms with Crippen molar-refractivity contribution < 1.29 is 19.7 Å². The van der Waals surface area contributed by atoms with Crippen LogP contribution in [0.2, 0.25) is 0 Å². The molecule has 2 rings (SSSR count). The number of aliphatic hydroxyl groups is 1. The van der Waals surface area contributed by atoms with Crippen LogP contribution in [0.5, 0.6) is 5.88 Å². The van der Waals surface area contributed by atoms with Gasteiger partial charge in [0, 0.05) is 36.9 Å². The van der Waals surface area contributed by atoms with E-state index in [9.17, 15) is 15.0 Å². The molecule has 0 saturated carbocycles. The van der Waals surface area contributed by atoms with Crippen molar-refractivity contribution in [1.29, 1.82) is 0 Å². The van der Waals surface area contributed by atoms with Crippen LogP contribution in [0.25, 0.3) is 0 Å². The van der Waals surface area contributed by atoms with E-state index in [2.05, 4.69) is 17.1 Å². The number of amides is 1. The van der Waals surface area contributed by atoms with Crippen molar-refractivity contribution in [2.45, 2.75) is 57.5 Å². The maximum atomic E-state index is 12.4. The van der Waals surface area contributed by atoms with Gasteiger partial charge in [0.15, 0.2) is 0 Å². The Morgan fingerprint density at radius 1 is 1.57 bits per heavy atom. The summed E-state index contributed by atoms with van der Waals surface area (Å²) in [6.45, 7) is 6.89. The molecule has 7 heteroatoms. The highest BCUT2D eigenvalue weighted by atomic mass is 16.6. The van der Waals surface area contributed by atoms with E-state index in [0.29, 0.717) is 25.9 Å². The zero-order valence-corrected chi connectivity index (χ0v) is 14.1. The smallest absolute Gasteiger partial charge is 0.410 e. The fourth-order valence-corrected chi connectivity index (χ4v) is 3.34. The number of likely N-dealkylation sites (tertiary alicyclic amines) is 1. The first-order valence-electron chi connectivity index (χ1n) is 8.15. The van der Waals surface area contributed by atoms with Crippen LogP contribution >= 0.6 is 0 Å². The Kier molecular flexibility index (Phi) is 5.19. The molecule has 1 aromatic heterocycles. The van der Waals surface area contributed by atoms with Crippen molar-refractivity contribution >= 4 is 6.09 Å². The SMILES string of the molecule is CCCC(C)(C)OC(=O)N1CCC(CCO)(c2cc(O)n[nH]2)C1. The molecule has 23 heavy (non-hydrogen) atoms. The zero-order valence-electron chi connectivity index (χ0n) is 14.1. The number of aliphatic hydroxyl groups excluding tert-OH is 1. The van der Waals surface area contributed by atoms with Crippen LogP contribution in [0.15, 0.2) is 6.07 Å². The number of carbonyl (C=O) groups excluding carboxylic acids is 1. The lowest BCUT2D eigenvalue weighted by atomic mass is 9.80. The number of aromatic hydroxyl groups is 1. The first kappa shape index (κ1) is 17.6. The van der Waals surface area contributed by atoms with Gasteiger partial charge >= 0.3 is 6.09 Å². The van der Waals surface area contributed by atoms with Gasteiger partial charge in [-0.3, -0.25) is 5.10 Å². The van der Waals surface area contributed by atoms with Gasteiger partial charge in [-0.1, -0.05) is 13.3 Å². The van der Waals surface area contributed by atoms with Crippen molar-refractivity contribution in [3.8, 4) is 5.88 Å². The van der Waals surface area contributed by atoms with Crippen LogP contribution in [0.3, 0.4) is 0 Å². The van der Waals surface area contributed by atoms with Crippen LogP contribution in [0.4, 0.5) is 4.79 Å². The molecule has 0 bridgehead atoms. The van der Waals surface area contributed by atoms with Gasteiger partial charge in [-0.2, -0.15) is 0 Å². The molecule has 1 aliphatic rings. The van der Waals surface area contributed by atoms with Gasteiger partial charge in [0.2, 0.25) is 5.88 Å². The van der Waals surface area contributed by atoms with Crippen LogP contribution < -0.4 is 0 Å². The van der Waals surface area contributed by atoms with Gasteiger partial charge in [-0.05, 0) is 33.1 Å². The number of hydrogen-bond donors (Lipinski definition) is 3. The van der Waals surface area contributed by atoms with Crippen molar-refractivity contribution in [3.63, 3.8) is 0 Å². The highest BCUT2D eigenvalue weighted by molar-refractivity contribution is 5.69. The van der Waals surface area contributed by atoms with Gasteiger partial charge in [-0.25, -0.2) is 4.79 Å². The second-order valence-corrected chi connectivity index (χ2v) is 6.94. The second kappa shape index (κ2) is 6.78. The molecule has 1 aromatic rings. The van der Waals surface area contributed by atoms with E-state index in [1.54, 1.807) is 11.0 Å². The topological polar surface area (TPSA) is 98.7 Å². The van der Waals surface area contributed by atoms with Gasteiger partial charge in [0.1, 0.15) is 5.60 Å². The molecule has 1 aliphatic heterocycles.